The van der Waals surface area contributed by atoms with Crippen LogP contribution in [0.4, 0.5) is 0 Å². The number of unbranched alkanes of at least 4 members (excludes halogenated alkanes) is 5. The van der Waals surface area contributed by atoms with Crippen LogP contribution in [0.5, 0.6) is 11.5 Å². The van der Waals surface area contributed by atoms with Gasteiger partial charge in [0.05, 0.1) is 14.2 Å². The van der Waals surface area contributed by atoms with Crippen LogP contribution in [0.3, 0.4) is 0 Å². The van der Waals surface area contributed by atoms with Gasteiger partial charge in [-0.1, -0.05) is 49.9 Å². The van der Waals surface area contributed by atoms with E-state index in [1.54, 1.807) is 38.5 Å². The fourth-order valence-electron chi connectivity index (χ4n) is 3.27. The van der Waals surface area contributed by atoms with Gasteiger partial charge in [0.2, 0.25) is 11.8 Å². The lowest BCUT2D eigenvalue weighted by Gasteiger charge is -2.04. The topological polar surface area (TPSA) is 76.7 Å². The zero-order chi connectivity index (χ0) is 24.4. The van der Waals surface area contributed by atoms with Crippen LogP contribution >= 0.6 is 0 Å². The molecule has 2 aromatic carbocycles. The lowest BCUT2D eigenvalue weighted by atomic mass is 10.1. The van der Waals surface area contributed by atoms with Gasteiger partial charge in [0.1, 0.15) is 11.5 Å². The van der Waals surface area contributed by atoms with E-state index < -0.39 is 0 Å². The summed E-state index contributed by atoms with van der Waals surface area (Å²) in [4.78, 5) is 23.8. The van der Waals surface area contributed by atoms with Crippen LogP contribution in [-0.2, 0) is 9.59 Å². The number of hydrogen-bond acceptors (Lipinski definition) is 4. The molecule has 0 saturated carbocycles. The first-order valence-corrected chi connectivity index (χ1v) is 11.8. The molecule has 0 saturated heterocycles. The summed E-state index contributed by atoms with van der Waals surface area (Å²) >= 11 is 0. The normalized spacial score (nSPS) is 11.0. The maximum Gasteiger partial charge on any atom is 0.243 e. The highest BCUT2D eigenvalue weighted by atomic mass is 16.5. The van der Waals surface area contributed by atoms with E-state index in [0.29, 0.717) is 13.1 Å². The Morgan fingerprint density at radius 2 is 0.971 bits per heavy atom. The molecule has 2 rings (SSSR count). The fourth-order valence-corrected chi connectivity index (χ4v) is 3.27. The Morgan fingerprint density at radius 3 is 1.32 bits per heavy atom. The quantitative estimate of drug-likeness (QED) is 0.287. The van der Waals surface area contributed by atoms with Gasteiger partial charge in [-0.15, -0.1) is 0 Å². The lowest BCUT2D eigenvalue weighted by Crippen LogP contribution is -2.22. The van der Waals surface area contributed by atoms with Crippen molar-refractivity contribution in [2.24, 2.45) is 0 Å². The third kappa shape index (κ3) is 11.4. The molecule has 0 fully saturated rings. The Labute approximate surface area is 203 Å². The molecule has 0 unspecified atom stereocenters. The first-order valence-electron chi connectivity index (χ1n) is 11.8. The summed E-state index contributed by atoms with van der Waals surface area (Å²) in [6.45, 7) is 1.37. The van der Waals surface area contributed by atoms with Crippen LogP contribution < -0.4 is 20.1 Å². The molecule has 2 aromatic rings. The highest BCUT2D eigenvalue weighted by Gasteiger charge is 1.98. The van der Waals surface area contributed by atoms with Crippen molar-refractivity contribution in [3.05, 3.63) is 71.8 Å². The van der Waals surface area contributed by atoms with Crippen molar-refractivity contribution in [1.29, 1.82) is 0 Å². The molecule has 0 radical (unpaired) electrons. The smallest absolute Gasteiger partial charge is 0.243 e. The van der Waals surface area contributed by atoms with Crippen LogP contribution in [0.25, 0.3) is 12.2 Å². The zero-order valence-corrected chi connectivity index (χ0v) is 20.2. The van der Waals surface area contributed by atoms with Gasteiger partial charge in [-0.2, -0.15) is 0 Å². The van der Waals surface area contributed by atoms with Gasteiger partial charge in [-0.25, -0.2) is 0 Å². The maximum atomic E-state index is 11.9. The Morgan fingerprint density at radius 1 is 0.618 bits per heavy atom. The van der Waals surface area contributed by atoms with Crippen LogP contribution in [-0.4, -0.2) is 39.1 Å². The van der Waals surface area contributed by atoms with E-state index in [4.69, 9.17) is 9.47 Å². The van der Waals surface area contributed by atoms with Crippen molar-refractivity contribution in [3.8, 4) is 11.5 Å². The summed E-state index contributed by atoms with van der Waals surface area (Å²) in [6.07, 6.45) is 13.1. The summed E-state index contributed by atoms with van der Waals surface area (Å²) < 4.78 is 10.2. The molecule has 0 aromatic heterocycles. The van der Waals surface area contributed by atoms with E-state index in [2.05, 4.69) is 10.6 Å². The molecular formula is C28H36N2O4. The summed E-state index contributed by atoms with van der Waals surface area (Å²) in [5, 5.41) is 5.84. The van der Waals surface area contributed by atoms with Crippen molar-refractivity contribution in [3.63, 3.8) is 0 Å². The lowest BCUT2D eigenvalue weighted by molar-refractivity contribution is -0.117. The predicted molar refractivity (Wildman–Crippen MR) is 138 cm³/mol. The average molecular weight is 465 g/mol. The minimum atomic E-state index is -0.0763. The molecule has 0 aliphatic rings. The molecule has 0 spiro atoms. The SMILES string of the molecule is COc1ccc(C=CC(=O)NCCCCCCCCNC(=O)C=Cc2ccc(OC)cc2)cc1. The Bertz CT molecular complexity index is 841. The highest BCUT2D eigenvalue weighted by Crippen LogP contribution is 2.13. The second-order valence-electron chi connectivity index (χ2n) is 7.92. The Hall–Kier alpha value is -3.54. The maximum absolute atomic E-state index is 11.9. The van der Waals surface area contributed by atoms with E-state index in [-0.39, 0.29) is 11.8 Å². The zero-order valence-electron chi connectivity index (χ0n) is 20.2. The summed E-state index contributed by atoms with van der Waals surface area (Å²) in [5.41, 5.74) is 1.92. The number of carbonyl (C=O) groups excluding carboxylic acids is 2. The van der Waals surface area contributed by atoms with Crippen LogP contribution in [0.1, 0.15) is 49.7 Å². The van der Waals surface area contributed by atoms with Crippen molar-refractivity contribution in [2.45, 2.75) is 38.5 Å². The number of nitrogens with one attached hydrogen (secondary N) is 2. The highest BCUT2D eigenvalue weighted by molar-refractivity contribution is 5.92. The van der Waals surface area contributed by atoms with Gasteiger partial charge >= 0.3 is 0 Å². The van der Waals surface area contributed by atoms with Crippen LogP contribution in [0.2, 0.25) is 0 Å². The number of carbonyl (C=O) groups is 2. The van der Waals surface area contributed by atoms with Gasteiger partial charge < -0.3 is 20.1 Å². The first-order chi connectivity index (χ1) is 16.6. The predicted octanol–water partition coefficient (Wildman–Crippen LogP) is 5.00. The van der Waals surface area contributed by atoms with Crippen molar-refractivity contribution >= 4 is 24.0 Å². The molecule has 2 amide bonds. The minimum Gasteiger partial charge on any atom is -0.497 e. The van der Waals surface area contributed by atoms with E-state index in [9.17, 15) is 9.59 Å². The number of ether oxygens (including phenoxy) is 2. The summed E-state index contributed by atoms with van der Waals surface area (Å²) in [7, 11) is 3.26. The van der Waals surface area contributed by atoms with Gasteiger partial charge in [0.25, 0.3) is 0 Å². The van der Waals surface area contributed by atoms with E-state index >= 15 is 0 Å². The minimum absolute atomic E-state index is 0.0763. The number of methoxy groups -OCH3 is 2. The van der Waals surface area contributed by atoms with Crippen molar-refractivity contribution < 1.29 is 19.1 Å². The Kier molecular flexibility index (Phi) is 12.7. The third-order valence-corrected chi connectivity index (χ3v) is 5.29. The first kappa shape index (κ1) is 26.7. The summed E-state index contributed by atoms with van der Waals surface area (Å²) in [5.74, 6) is 1.44. The number of benzene rings is 2. The molecule has 34 heavy (non-hydrogen) atoms. The molecule has 2 N–H and O–H groups in total. The molecule has 6 heteroatoms. The van der Waals surface area contributed by atoms with Gasteiger partial charge in [-0.05, 0) is 60.4 Å². The van der Waals surface area contributed by atoms with Crippen LogP contribution in [0, 0.1) is 0 Å². The second kappa shape index (κ2) is 16.1. The van der Waals surface area contributed by atoms with E-state index in [1.807, 2.05) is 48.5 Å². The van der Waals surface area contributed by atoms with Gasteiger partial charge in [-0.3, -0.25) is 9.59 Å². The molecule has 6 nitrogen and oxygen atoms in total. The molecular weight excluding hydrogens is 428 g/mol. The Balaban J connectivity index is 1.44. The van der Waals surface area contributed by atoms with E-state index in [1.165, 1.54) is 0 Å². The largest absolute Gasteiger partial charge is 0.497 e. The molecule has 0 heterocycles. The van der Waals surface area contributed by atoms with Crippen molar-refractivity contribution in [1.82, 2.24) is 10.6 Å². The third-order valence-electron chi connectivity index (χ3n) is 5.29. The van der Waals surface area contributed by atoms with E-state index in [0.717, 1.165) is 61.2 Å². The van der Waals surface area contributed by atoms with Gasteiger partial charge in [0, 0.05) is 25.2 Å². The number of amides is 2. The number of rotatable bonds is 15. The second-order valence-corrected chi connectivity index (χ2v) is 7.92. The molecule has 0 bridgehead atoms. The average Bonchev–Trinajstić information content (AvgIpc) is 2.87. The molecule has 0 aliphatic heterocycles. The number of hydrogen-bond donors (Lipinski definition) is 2. The molecule has 0 atom stereocenters. The standard InChI is InChI=1S/C28H36N2O4/c1-33-25-15-9-23(10-16-25)13-19-27(31)29-21-7-5-3-4-6-8-22-30-28(32)20-14-24-11-17-26(34-2)18-12-24/h9-20H,3-8,21-22H2,1-2H3,(H,29,31)(H,30,32). The van der Waals surface area contributed by atoms with Crippen LogP contribution in [0.15, 0.2) is 60.7 Å². The molecule has 182 valence electrons. The van der Waals surface area contributed by atoms with Gasteiger partial charge in [0.15, 0.2) is 0 Å². The summed E-state index contributed by atoms with van der Waals surface area (Å²) in [6, 6.07) is 15.1. The molecule has 0 aliphatic carbocycles. The van der Waals surface area contributed by atoms with Crippen molar-refractivity contribution in [2.75, 3.05) is 27.3 Å². The fraction of sp³-hybridized carbons (Fsp3) is 0.357. The monoisotopic (exact) mass is 464 g/mol.